The summed E-state index contributed by atoms with van der Waals surface area (Å²) >= 11 is 2.24. The van der Waals surface area contributed by atoms with E-state index in [1.807, 2.05) is 0 Å². The molecule has 0 aromatic heterocycles. The van der Waals surface area contributed by atoms with Crippen molar-refractivity contribution in [2.75, 3.05) is 20.5 Å². The van der Waals surface area contributed by atoms with Crippen LogP contribution in [-0.4, -0.2) is 20.5 Å². The molecule has 0 aromatic rings. The molecule has 0 aliphatic carbocycles. The standard InChI is InChI=1S/C3H9O4P2S2/c1-5-8(4)11-9(6-2)7-10-3/h1-3H3/q-1. The Labute approximate surface area is 76.9 Å². The zero-order valence-electron chi connectivity index (χ0n) is 6.34. The van der Waals surface area contributed by atoms with Crippen LogP contribution in [0.2, 0.25) is 0 Å². The molecule has 4 nitrogen and oxygen atoms in total. The van der Waals surface area contributed by atoms with E-state index in [4.69, 9.17) is 8.49 Å². The Morgan fingerprint density at radius 2 is 1.91 bits per heavy atom. The maximum absolute atomic E-state index is 10.8. The van der Waals surface area contributed by atoms with Crippen LogP contribution < -0.4 is 4.89 Å². The molecule has 0 aromatic carbocycles. The molecule has 0 heterocycles. The summed E-state index contributed by atoms with van der Waals surface area (Å²) < 4.78 is 14.5. The van der Waals surface area contributed by atoms with Gasteiger partial charge in [-0.3, -0.25) is 3.97 Å². The molecular formula is C3H9O4P2S2-. The normalized spacial score (nSPS) is 16.4. The van der Waals surface area contributed by atoms with E-state index < -0.39 is 15.2 Å². The van der Waals surface area contributed by atoms with Gasteiger partial charge in [0.15, 0.2) is 0 Å². The van der Waals surface area contributed by atoms with Gasteiger partial charge in [0.05, 0.1) is 0 Å². The molecule has 0 radical (unpaired) electrons. The first kappa shape index (κ1) is 12.4. The Bertz CT molecular complexity index is 97.4. The first-order valence-electron chi connectivity index (χ1n) is 2.49. The number of rotatable bonds is 6. The minimum atomic E-state index is -1.70. The van der Waals surface area contributed by atoms with Crippen molar-refractivity contribution in [1.82, 2.24) is 0 Å². The van der Waals surface area contributed by atoms with Gasteiger partial charge in [-0.15, -0.1) is 0 Å². The maximum atomic E-state index is 10.8. The minimum absolute atomic E-state index is 1.06. The van der Waals surface area contributed by atoms with Crippen molar-refractivity contribution in [3.63, 3.8) is 0 Å². The maximum Gasteiger partial charge on any atom is 0.255 e. The average Bonchev–Trinajstić information content (AvgIpc) is 2.03. The van der Waals surface area contributed by atoms with Crippen LogP contribution in [0.4, 0.5) is 0 Å². The molecule has 2 unspecified atom stereocenters. The van der Waals surface area contributed by atoms with Gasteiger partial charge >= 0.3 is 0 Å². The Kier molecular flexibility index (Phi) is 9.04. The lowest BCUT2D eigenvalue weighted by Gasteiger charge is -2.21. The van der Waals surface area contributed by atoms with Crippen molar-refractivity contribution in [1.29, 1.82) is 0 Å². The molecule has 0 saturated heterocycles. The van der Waals surface area contributed by atoms with Crippen LogP contribution in [-0.2, 0) is 13.0 Å². The second-order valence-corrected chi connectivity index (χ2v) is 7.60. The molecule has 11 heavy (non-hydrogen) atoms. The van der Waals surface area contributed by atoms with Crippen LogP contribution in [0.25, 0.3) is 0 Å². The van der Waals surface area contributed by atoms with Gasteiger partial charge in [-0.2, -0.15) is 0 Å². The van der Waals surface area contributed by atoms with E-state index in [1.165, 1.54) is 26.3 Å². The molecular weight excluding hydrogens is 226 g/mol. The van der Waals surface area contributed by atoms with Crippen LogP contribution in [0, 0.1) is 0 Å². The van der Waals surface area contributed by atoms with Crippen LogP contribution >= 0.6 is 38.2 Å². The molecule has 2 atom stereocenters. The fraction of sp³-hybridized carbons (Fsp3) is 1.00. The average molecular weight is 235 g/mol. The van der Waals surface area contributed by atoms with Gasteiger partial charge in [-0.1, -0.05) is 0 Å². The first-order valence-corrected chi connectivity index (χ1v) is 8.02. The second-order valence-electron chi connectivity index (χ2n) is 1.14. The summed E-state index contributed by atoms with van der Waals surface area (Å²) in [5.41, 5.74) is 0. The van der Waals surface area contributed by atoms with Crippen molar-refractivity contribution in [2.24, 2.45) is 0 Å². The highest BCUT2D eigenvalue weighted by atomic mass is 33.1. The lowest BCUT2D eigenvalue weighted by Crippen LogP contribution is -1.91. The third kappa shape index (κ3) is 6.55. The summed E-state index contributed by atoms with van der Waals surface area (Å²) in [6.45, 7) is 0. The number of hydrogen-bond donors (Lipinski definition) is 0. The molecule has 0 rings (SSSR count). The lowest BCUT2D eigenvalue weighted by atomic mass is 11.8. The minimum Gasteiger partial charge on any atom is -0.799 e. The summed E-state index contributed by atoms with van der Waals surface area (Å²) in [6.07, 6.45) is 1.77. The Morgan fingerprint density at radius 1 is 1.27 bits per heavy atom. The predicted molar refractivity (Wildman–Crippen MR) is 50.0 cm³/mol. The third-order valence-corrected chi connectivity index (χ3v) is 7.16. The molecule has 68 valence electrons. The summed E-state index contributed by atoms with van der Waals surface area (Å²) in [5.74, 6) is 0. The van der Waals surface area contributed by atoms with Crippen molar-refractivity contribution in [3.05, 3.63) is 0 Å². The van der Waals surface area contributed by atoms with Gasteiger partial charge in [-0.05, 0) is 23.0 Å². The van der Waals surface area contributed by atoms with Crippen molar-refractivity contribution >= 4 is 38.2 Å². The molecule has 0 aliphatic rings. The Morgan fingerprint density at radius 3 is 2.27 bits per heavy atom. The van der Waals surface area contributed by atoms with Gasteiger partial charge in [-0.25, -0.2) is 0 Å². The zero-order chi connectivity index (χ0) is 8.69. The monoisotopic (exact) mass is 235 g/mol. The Balaban J connectivity index is 3.49. The molecule has 0 bridgehead atoms. The van der Waals surface area contributed by atoms with Gasteiger partial charge in [0, 0.05) is 28.1 Å². The molecule has 0 aliphatic heterocycles. The first-order chi connectivity index (χ1) is 5.24. The molecule has 0 spiro atoms. The van der Waals surface area contributed by atoms with Crippen molar-refractivity contribution in [2.45, 2.75) is 0 Å². The highest BCUT2D eigenvalue weighted by Crippen LogP contribution is 2.66. The number of hydrogen-bond acceptors (Lipinski definition) is 6. The molecule has 0 amide bonds. The molecule has 0 N–H and O–H groups in total. The lowest BCUT2D eigenvalue weighted by molar-refractivity contribution is -0.170. The summed E-state index contributed by atoms with van der Waals surface area (Å²) in [6, 6.07) is 0. The summed E-state index contributed by atoms with van der Waals surface area (Å²) in [7, 11) is 0.0548. The van der Waals surface area contributed by atoms with Gasteiger partial charge in [0.2, 0.25) is 0 Å². The van der Waals surface area contributed by atoms with E-state index in [0.29, 0.717) is 0 Å². The SMILES string of the molecule is COP([O-])SP(OC)OSC. The van der Waals surface area contributed by atoms with Gasteiger partial charge in [0.1, 0.15) is 0 Å². The summed E-state index contributed by atoms with van der Waals surface area (Å²) in [4.78, 5) is 10.8. The van der Waals surface area contributed by atoms with E-state index in [2.05, 4.69) is 4.52 Å². The van der Waals surface area contributed by atoms with Gasteiger partial charge in [0.25, 0.3) is 7.58 Å². The smallest absolute Gasteiger partial charge is 0.255 e. The van der Waals surface area contributed by atoms with Crippen molar-refractivity contribution in [3.8, 4) is 0 Å². The van der Waals surface area contributed by atoms with Crippen LogP contribution in [0.1, 0.15) is 0 Å². The summed E-state index contributed by atoms with van der Waals surface area (Å²) in [5, 5.41) is 0. The van der Waals surface area contributed by atoms with Crippen LogP contribution in [0.15, 0.2) is 0 Å². The largest absolute Gasteiger partial charge is 0.799 e. The van der Waals surface area contributed by atoms with E-state index in [-0.39, 0.29) is 0 Å². The zero-order valence-corrected chi connectivity index (χ0v) is 9.77. The topological polar surface area (TPSA) is 50.8 Å². The predicted octanol–water partition coefficient (Wildman–Crippen LogP) is 2.12. The van der Waals surface area contributed by atoms with Gasteiger partial charge < -0.3 is 13.9 Å². The molecule has 0 saturated carbocycles. The molecule has 8 heteroatoms. The molecule has 0 fully saturated rings. The van der Waals surface area contributed by atoms with Crippen molar-refractivity contribution < 1.29 is 17.9 Å². The third-order valence-electron chi connectivity index (χ3n) is 0.567. The fourth-order valence-electron chi connectivity index (χ4n) is 0.226. The van der Waals surface area contributed by atoms with E-state index in [9.17, 15) is 4.89 Å². The highest BCUT2D eigenvalue weighted by molar-refractivity contribution is 8.82. The highest BCUT2D eigenvalue weighted by Gasteiger charge is 2.10. The fourth-order valence-corrected chi connectivity index (χ4v) is 5.74. The van der Waals surface area contributed by atoms with Crippen LogP contribution in [0.5, 0.6) is 0 Å². The quantitative estimate of drug-likeness (QED) is 0.519. The van der Waals surface area contributed by atoms with E-state index >= 15 is 0 Å². The van der Waals surface area contributed by atoms with E-state index in [0.717, 1.165) is 11.0 Å². The van der Waals surface area contributed by atoms with E-state index in [1.54, 1.807) is 6.26 Å². The Hall–Kier alpha value is 1.40. The van der Waals surface area contributed by atoms with Crippen LogP contribution in [0.3, 0.4) is 0 Å². The second kappa shape index (κ2) is 8.02.